The molecule has 0 aromatic rings. The number of carboxylic acid groups (broad SMARTS) is 2. The van der Waals surface area contributed by atoms with Crippen molar-refractivity contribution >= 4 is 22.1 Å². The lowest BCUT2D eigenvalue weighted by Gasteiger charge is -2.33. The van der Waals surface area contributed by atoms with Gasteiger partial charge in [0.15, 0.2) is 5.25 Å². The third kappa shape index (κ3) is 21.6. The highest BCUT2D eigenvalue weighted by Gasteiger charge is 2.55. The quantitative estimate of drug-likeness (QED) is 0.0468. The zero-order chi connectivity index (χ0) is 32.9. The molecule has 0 saturated heterocycles. The maximum Gasteiger partial charge on any atom is 0.325 e. The van der Waals surface area contributed by atoms with Crippen LogP contribution in [0.3, 0.4) is 0 Å². The summed E-state index contributed by atoms with van der Waals surface area (Å²) in [5, 5.41) is 17.5. The summed E-state index contributed by atoms with van der Waals surface area (Å²) >= 11 is 0. The SMILES string of the molecule is CCCCCCCCCCCCCCCCC(CCCCCCCCCCCCCCCC)(C(=O)O)C(C(=O)O)S(=O)(=O)O. The minimum atomic E-state index is -5.09. The maximum absolute atomic E-state index is 12.5. The molecule has 8 heteroatoms. The van der Waals surface area contributed by atoms with Crippen molar-refractivity contribution in [2.24, 2.45) is 5.41 Å². The smallest absolute Gasteiger partial charge is 0.325 e. The summed E-state index contributed by atoms with van der Waals surface area (Å²) in [4.78, 5) is 24.5. The van der Waals surface area contributed by atoms with Gasteiger partial charge in [0.25, 0.3) is 10.1 Å². The van der Waals surface area contributed by atoms with Crippen LogP contribution >= 0.6 is 0 Å². The third-order valence-corrected chi connectivity index (χ3v) is 10.7. The fraction of sp³-hybridized carbons (Fsp3) is 0.944. The number of rotatable bonds is 34. The van der Waals surface area contributed by atoms with Crippen molar-refractivity contribution in [3.8, 4) is 0 Å². The molecule has 0 aliphatic heterocycles. The molecular weight excluding hydrogens is 576 g/mol. The van der Waals surface area contributed by atoms with E-state index in [1.807, 2.05) is 0 Å². The van der Waals surface area contributed by atoms with Crippen LogP contribution in [-0.2, 0) is 19.7 Å². The predicted octanol–water partition coefficient (Wildman–Crippen LogP) is 11.1. The average molecular weight is 647 g/mol. The molecule has 0 heterocycles. The number of aliphatic carboxylic acids is 2. The van der Waals surface area contributed by atoms with Crippen LogP contribution in [0.25, 0.3) is 0 Å². The van der Waals surface area contributed by atoms with E-state index in [4.69, 9.17) is 0 Å². The van der Waals surface area contributed by atoms with E-state index >= 15 is 0 Å². The minimum absolute atomic E-state index is 0.0600. The molecule has 0 saturated carbocycles. The number of carboxylic acids is 2. The van der Waals surface area contributed by atoms with E-state index in [0.29, 0.717) is 12.8 Å². The minimum Gasteiger partial charge on any atom is -0.481 e. The predicted molar refractivity (Wildman–Crippen MR) is 183 cm³/mol. The monoisotopic (exact) mass is 646 g/mol. The fourth-order valence-corrected chi connectivity index (χ4v) is 7.79. The van der Waals surface area contributed by atoms with Crippen LogP contribution in [0.2, 0.25) is 0 Å². The van der Waals surface area contributed by atoms with E-state index in [2.05, 4.69) is 13.8 Å². The highest BCUT2D eigenvalue weighted by atomic mass is 32.2. The van der Waals surface area contributed by atoms with Gasteiger partial charge < -0.3 is 10.2 Å². The van der Waals surface area contributed by atoms with Crippen LogP contribution in [0.5, 0.6) is 0 Å². The van der Waals surface area contributed by atoms with Crippen LogP contribution in [0.1, 0.15) is 206 Å². The van der Waals surface area contributed by atoms with Crippen molar-refractivity contribution in [2.75, 3.05) is 0 Å². The van der Waals surface area contributed by atoms with Crippen LogP contribution in [-0.4, -0.2) is 40.4 Å². The Morgan fingerprint density at radius 1 is 0.477 bits per heavy atom. The number of hydrogen-bond donors (Lipinski definition) is 3. The van der Waals surface area contributed by atoms with Gasteiger partial charge in [-0.1, -0.05) is 194 Å². The van der Waals surface area contributed by atoms with Crippen molar-refractivity contribution in [3.05, 3.63) is 0 Å². The molecule has 0 aromatic heterocycles. The first-order valence-corrected chi connectivity index (χ1v) is 20.1. The Morgan fingerprint density at radius 2 is 0.705 bits per heavy atom. The standard InChI is InChI=1S/C36H70O7S/c1-3-5-7-9-11-13-15-17-19-21-23-25-27-29-31-36(35(39)40,33(34(37)38)44(41,42)43)32-30-28-26-24-22-20-18-16-14-12-10-8-6-4-2/h33H,3-32H2,1-2H3,(H,37,38)(H,39,40)(H,41,42,43). The zero-order valence-corrected chi connectivity index (χ0v) is 29.5. The molecule has 0 aromatic carbocycles. The van der Waals surface area contributed by atoms with Gasteiger partial charge >= 0.3 is 11.9 Å². The Morgan fingerprint density at radius 3 is 0.886 bits per heavy atom. The van der Waals surface area contributed by atoms with E-state index in [1.165, 1.54) is 116 Å². The van der Waals surface area contributed by atoms with Crippen molar-refractivity contribution in [2.45, 2.75) is 212 Å². The van der Waals surface area contributed by atoms with Crippen LogP contribution < -0.4 is 0 Å². The van der Waals surface area contributed by atoms with Crippen molar-refractivity contribution in [1.82, 2.24) is 0 Å². The van der Waals surface area contributed by atoms with Gasteiger partial charge in [-0.05, 0) is 12.8 Å². The van der Waals surface area contributed by atoms with Gasteiger partial charge in [0, 0.05) is 0 Å². The molecule has 0 aliphatic rings. The van der Waals surface area contributed by atoms with Crippen LogP contribution in [0.4, 0.5) is 0 Å². The van der Waals surface area contributed by atoms with Gasteiger partial charge in [-0.2, -0.15) is 8.42 Å². The van der Waals surface area contributed by atoms with Gasteiger partial charge in [-0.25, -0.2) is 0 Å². The third-order valence-electron chi connectivity index (χ3n) is 9.40. The molecule has 0 amide bonds. The molecule has 0 spiro atoms. The van der Waals surface area contributed by atoms with Crippen molar-refractivity contribution in [3.63, 3.8) is 0 Å². The first kappa shape index (κ1) is 42.9. The molecule has 262 valence electrons. The second kappa shape index (κ2) is 28.1. The molecule has 0 bridgehead atoms. The first-order chi connectivity index (χ1) is 21.1. The van der Waals surface area contributed by atoms with E-state index in [1.54, 1.807) is 0 Å². The topological polar surface area (TPSA) is 129 Å². The fourth-order valence-electron chi connectivity index (χ4n) is 6.63. The first-order valence-electron chi connectivity index (χ1n) is 18.6. The Labute approximate surface area is 271 Å². The zero-order valence-electron chi connectivity index (χ0n) is 28.7. The maximum atomic E-state index is 12.5. The summed E-state index contributed by atoms with van der Waals surface area (Å²) in [7, 11) is -5.09. The second-order valence-corrected chi connectivity index (χ2v) is 14.9. The summed E-state index contributed by atoms with van der Waals surface area (Å²) in [6, 6.07) is 0. The summed E-state index contributed by atoms with van der Waals surface area (Å²) in [5.41, 5.74) is -2.02. The van der Waals surface area contributed by atoms with Gasteiger partial charge in [0.1, 0.15) is 0 Å². The molecule has 0 aliphatic carbocycles. The number of hydrogen-bond acceptors (Lipinski definition) is 4. The largest absolute Gasteiger partial charge is 0.481 e. The lowest BCUT2D eigenvalue weighted by molar-refractivity contribution is -0.156. The van der Waals surface area contributed by atoms with E-state index in [9.17, 15) is 32.8 Å². The van der Waals surface area contributed by atoms with Gasteiger partial charge in [-0.3, -0.25) is 14.1 Å². The Bertz CT molecular complexity index is 764. The average Bonchev–Trinajstić information content (AvgIpc) is 2.96. The Hall–Kier alpha value is -1.15. The van der Waals surface area contributed by atoms with E-state index < -0.39 is 32.7 Å². The molecule has 44 heavy (non-hydrogen) atoms. The van der Waals surface area contributed by atoms with Crippen molar-refractivity contribution in [1.29, 1.82) is 0 Å². The number of unbranched alkanes of at least 4 members (excludes halogenated alkanes) is 26. The number of carbonyl (C=O) groups is 2. The lowest BCUT2D eigenvalue weighted by atomic mass is 9.74. The molecule has 1 atom stereocenters. The van der Waals surface area contributed by atoms with Gasteiger partial charge in [-0.15, -0.1) is 0 Å². The normalized spacial score (nSPS) is 12.9. The molecule has 7 nitrogen and oxygen atoms in total. The molecular formula is C36H70O7S. The van der Waals surface area contributed by atoms with Crippen LogP contribution in [0.15, 0.2) is 0 Å². The van der Waals surface area contributed by atoms with E-state index in [0.717, 1.165) is 51.4 Å². The molecule has 0 rings (SSSR count). The molecule has 3 N–H and O–H groups in total. The Kier molecular flexibility index (Phi) is 27.4. The van der Waals surface area contributed by atoms with E-state index in [-0.39, 0.29) is 12.8 Å². The Balaban J connectivity index is 4.50. The van der Waals surface area contributed by atoms with Gasteiger partial charge in [0.05, 0.1) is 5.41 Å². The summed E-state index contributed by atoms with van der Waals surface area (Å²) in [5.74, 6) is -3.22. The molecule has 0 radical (unpaired) electrons. The summed E-state index contributed by atoms with van der Waals surface area (Å²) in [6.45, 7) is 4.47. The highest BCUT2D eigenvalue weighted by Crippen LogP contribution is 2.39. The lowest BCUT2D eigenvalue weighted by Crippen LogP contribution is -2.51. The highest BCUT2D eigenvalue weighted by molar-refractivity contribution is 7.87. The second-order valence-electron chi connectivity index (χ2n) is 13.4. The molecule has 1 unspecified atom stereocenters. The summed E-state index contributed by atoms with van der Waals surface area (Å²) in [6.07, 6.45) is 31.6. The molecule has 0 fully saturated rings. The van der Waals surface area contributed by atoms with Gasteiger partial charge in [0.2, 0.25) is 0 Å². The van der Waals surface area contributed by atoms with Crippen LogP contribution in [0, 0.1) is 5.41 Å². The van der Waals surface area contributed by atoms with Crippen molar-refractivity contribution < 1.29 is 32.8 Å². The summed E-state index contributed by atoms with van der Waals surface area (Å²) < 4.78 is 34.1.